The van der Waals surface area contributed by atoms with E-state index < -0.39 is 21.7 Å². The first-order valence-corrected chi connectivity index (χ1v) is 10.6. The summed E-state index contributed by atoms with van der Waals surface area (Å²) >= 11 is 17.9. The maximum atomic E-state index is 13.3. The number of amidine groups is 1. The molecule has 1 atom stereocenters. The van der Waals surface area contributed by atoms with E-state index in [1.807, 2.05) is 4.90 Å². The van der Waals surface area contributed by atoms with Crippen molar-refractivity contribution >= 4 is 47.0 Å². The molecular weight excluding hydrogens is 460 g/mol. The van der Waals surface area contributed by atoms with Crippen molar-refractivity contribution in [2.24, 2.45) is 9.98 Å². The first kappa shape index (κ1) is 23.6. The molecule has 1 fully saturated rings. The van der Waals surface area contributed by atoms with Gasteiger partial charge >= 0.3 is 6.18 Å². The molecule has 1 aromatic carbocycles. The molecule has 4 nitrogen and oxygen atoms in total. The minimum absolute atomic E-state index is 0.0276. The van der Waals surface area contributed by atoms with Crippen LogP contribution in [-0.2, 0) is 6.18 Å². The first-order valence-electron chi connectivity index (χ1n) is 9.51. The number of nitrogens with one attached hydrogen (secondary N) is 1. The molecule has 0 aromatic heterocycles. The summed E-state index contributed by atoms with van der Waals surface area (Å²) < 4.78 is 38.0. The highest BCUT2D eigenvalue weighted by Gasteiger charge is 2.43. The largest absolute Gasteiger partial charge is 0.416 e. The van der Waals surface area contributed by atoms with Crippen LogP contribution in [-0.4, -0.2) is 38.0 Å². The second-order valence-electron chi connectivity index (χ2n) is 9.09. The number of piperidine rings is 1. The van der Waals surface area contributed by atoms with E-state index in [0.29, 0.717) is 5.56 Å². The lowest BCUT2D eigenvalue weighted by molar-refractivity contribution is -0.137. The van der Waals surface area contributed by atoms with Crippen LogP contribution in [0.15, 0.2) is 34.3 Å². The van der Waals surface area contributed by atoms with Crippen LogP contribution in [0.3, 0.4) is 0 Å². The van der Waals surface area contributed by atoms with Gasteiger partial charge in [0.15, 0.2) is 5.84 Å². The molecule has 1 aromatic rings. The van der Waals surface area contributed by atoms with Gasteiger partial charge in [-0.15, -0.1) is 0 Å². The van der Waals surface area contributed by atoms with E-state index in [9.17, 15) is 13.2 Å². The lowest BCUT2D eigenvalue weighted by atomic mass is 9.79. The molecule has 30 heavy (non-hydrogen) atoms. The molecule has 2 heterocycles. The van der Waals surface area contributed by atoms with Gasteiger partial charge in [-0.3, -0.25) is 0 Å². The molecule has 3 rings (SSSR count). The average molecular weight is 484 g/mol. The zero-order valence-electron chi connectivity index (χ0n) is 17.1. The molecule has 1 unspecified atom stereocenters. The van der Waals surface area contributed by atoms with E-state index in [1.165, 1.54) is 12.4 Å². The highest BCUT2D eigenvalue weighted by atomic mass is 35.6. The van der Waals surface area contributed by atoms with Crippen LogP contribution in [0.5, 0.6) is 0 Å². The van der Waals surface area contributed by atoms with Crippen LogP contribution in [0.25, 0.3) is 0 Å². The van der Waals surface area contributed by atoms with Crippen molar-refractivity contribution in [1.29, 1.82) is 0 Å². The van der Waals surface area contributed by atoms with Crippen LogP contribution in [0.2, 0.25) is 0 Å². The third kappa shape index (κ3) is 5.42. The number of hydrogen-bond acceptors (Lipinski definition) is 4. The van der Waals surface area contributed by atoms with Gasteiger partial charge in [0.05, 0.1) is 11.9 Å². The summed E-state index contributed by atoms with van der Waals surface area (Å²) in [7, 11) is 0. The van der Waals surface area contributed by atoms with Crippen molar-refractivity contribution in [3.05, 3.63) is 35.4 Å². The molecule has 0 spiro atoms. The second-order valence-corrected chi connectivity index (χ2v) is 11.4. The quantitative estimate of drug-likeness (QED) is 0.514. The topological polar surface area (TPSA) is 40.0 Å². The molecule has 1 N–H and O–H groups in total. The second kappa shape index (κ2) is 7.84. The Morgan fingerprint density at radius 3 is 2.20 bits per heavy atom. The Labute approximate surface area is 189 Å². The van der Waals surface area contributed by atoms with E-state index >= 15 is 0 Å². The smallest absolute Gasteiger partial charge is 0.334 e. The van der Waals surface area contributed by atoms with Crippen molar-refractivity contribution in [1.82, 2.24) is 10.2 Å². The molecule has 0 bridgehead atoms. The molecule has 10 heteroatoms. The Kier molecular flexibility index (Phi) is 6.18. The fourth-order valence-corrected chi connectivity index (χ4v) is 4.73. The van der Waals surface area contributed by atoms with Gasteiger partial charge in [-0.05, 0) is 58.2 Å². The fourth-order valence-electron chi connectivity index (χ4n) is 4.44. The summed E-state index contributed by atoms with van der Waals surface area (Å²) in [5, 5.41) is 3.60. The summed E-state index contributed by atoms with van der Waals surface area (Å²) in [6.45, 7) is 8.38. The number of rotatable bonds is 2. The number of alkyl halides is 6. The monoisotopic (exact) mass is 482 g/mol. The number of benzene rings is 1. The summed E-state index contributed by atoms with van der Waals surface area (Å²) in [4.78, 5) is 10.5. The average Bonchev–Trinajstić information content (AvgIpc) is 2.57. The van der Waals surface area contributed by atoms with Crippen molar-refractivity contribution in [2.45, 2.75) is 73.8 Å². The van der Waals surface area contributed by atoms with Gasteiger partial charge in [0.25, 0.3) is 0 Å². The zero-order chi connectivity index (χ0) is 22.5. The van der Waals surface area contributed by atoms with Crippen LogP contribution in [0.1, 0.15) is 57.8 Å². The molecule has 1 saturated heterocycles. The van der Waals surface area contributed by atoms with Gasteiger partial charge in [0.2, 0.25) is 3.79 Å². The highest BCUT2D eigenvalue weighted by Crippen LogP contribution is 2.40. The van der Waals surface area contributed by atoms with Gasteiger partial charge in [-0.25, -0.2) is 9.98 Å². The van der Waals surface area contributed by atoms with Gasteiger partial charge in [0.1, 0.15) is 6.17 Å². The van der Waals surface area contributed by atoms with Crippen molar-refractivity contribution in [3.63, 3.8) is 0 Å². The summed E-state index contributed by atoms with van der Waals surface area (Å²) in [5.41, 5.74) is -0.758. The number of aliphatic imine (C=N–C) groups is 2. The van der Waals surface area contributed by atoms with Crippen molar-refractivity contribution < 1.29 is 13.2 Å². The number of halogens is 6. The Hall–Kier alpha value is -1.02. The predicted octanol–water partition coefficient (Wildman–Crippen LogP) is 6.13. The molecule has 0 amide bonds. The normalized spacial score (nSPS) is 24.7. The molecule has 0 radical (unpaired) electrons. The Bertz CT molecular complexity index is 844. The van der Waals surface area contributed by atoms with E-state index in [2.05, 4.69) is 43.0 Å². The predicted molar refractivity (Wildman–Crippen MR) is 117 cm³/mol. The maximum absolute atomic E-state index is 13.3. The zero-order valence-corrected chi connectivity index (χ0v) is 19.3. The lowest BCUT2D eigenvalue weighted by Crippen LogP contribution is -2.62. The summed E-state index contributed by atoms with van der Waals surface area (Å²) in [6.07, 6.45) is -2.22. The molecular formula is C20H24Cl3F3N4. The summed E-state index contributed by atoms with van der Waals surface area (Å²) in [6, 6.07) is 5.06. The summed E-state index contributed by atoms with van der Waals surface area (Å²) in [5.74, 6) is -0.0568. The van der Waals surface area contributed by atoms with Crippen LogP contribution < -0.4 is 5.32 Å². The molecule has 2 aliphatic rings. The van der Waals surface area contributed by atoms with Gasteiger partial charge < -0.3 is 10.2 Å². The third-order valence-corrected chi connectivity index (χ3v) is 5.70. The maximum Gasteiger partial charge on any atom is 0.416 e. The van der Waals surface area contributed by atoms with E-state index in [1.54, 1.807) is 6.07 Å². The molecule has 2 aliphatic heterocycles. The fraction of sp³-hybridized carbons (Fsp3) is 0.600. The van der Waals surface area contributed by atoms with Gasteiger partial charge in [-0.1, -0.05) is 46.9 Å². The molecule has 166 valence electrons. The lowest BCUT2D eigenvalue weighted by Gasteiger charge is -2.50. The van der Waals surface area contributed by atoms with Crippen LogP contribution >= 0.6 is 34.8 Å². The van der Waals surface area contributed by atoms with E-state index in [-0.39, 0.29) is 23.0 Å². The van der Waals surface area contributed by atoms with E-state index in [4.69, 9.17) is 34.8 Å². The van der Waals surface area contributed by atoms with Crippen LogP contribution in [0, 0.1) is 0 Å². The third-order valence-electron chi connectivity index (χ3n) is 5.20. The van der Waals surface area contributed by atoms with Crippen LogP contribution in [0.4, 0.5) is 13.2 Å². The van der Waals surface area contributed by atoms with Crippen molar-refractivity contribution in [3.8, 4) is 0 Å². The number of hydrogen-bond donors (Lipinski definition) is 1. The van der Waals surface area contributed by atoms with Gasteiger partial charge in [0, 0.05) is 17.1 Å². The Balaban J connectivity index is 2.05. The Morgan fingerprint density at radius 2 is 1.67 bits per heavy atom. The molecule has 0 aliphatic carbocycles. The van der Waals surface area contributed by atoms with Crippen molar-refractivity contribution in [2.75, 3.05) is 0 Å². The minimum atomic E-state index is -4.47. The SMILES string of the molecule is CC1(C)CC(N2C=NC(C(Cl)(Cl)Cl)=NC2c2cccc(C(F)(F)F)c2)CC(C)(C)N1. The highest BCUT2D eigenvalue weighted by molar-refractivity contribution is 6.76. The standard InChI is InChI=1S/C20H24Cl3F3N4/c1-17(2)9-14(10-18(3,4)29-17)30-11-27-16(19(21,22)23)28-15(30)12-6-5-7-13(8-12)20(24,25)26/h5-8,11,14-15,29H,9-10H2,1-4H3. The van der Waals surface area contributed by atoms with E-state index in [0.717, 1.165) is 25.0 Å². The minimum Gasteiger partial charge on any atom is -0.334 e. The Morgan fingerprint density at radius 1 is 1.07 bits per heavy atom. The number of nitrogens with zero attached hydrogens (tertiary/aromatic N) is 3. The molecule has 0 saturated carbocycles. The van der Waals surface area contributed by atoms with Gasteiger partial charge in [-0.2, -0.15) is 13.2 Å². The first-order chi connectivity index (χ1) is 13.6.